The number of ether oxygens (including phenoxy) is 1. The largest absolute Gasteiger partial charge is 0.484 e. The number of nitrogens with zero attached hydrogens (tertiary/aromatic N) is 1. The molecule has 1 aliphatic heterocycles. The van der Waals surface area contributed by atoms with Gasteiger partial charge >= 0.3 is 5.63 Å². The molecule has 0 radical (unpaired) electrons. The minimum absolute atomic E-state index is 0.0886. The number of hydrogen-bond acceptors (Lipinski definition) is 7. The van der Waals surface area contributed by atoms with Crippen LogP contribution in [0.3, 0.4) is 0 Å². The lowest BCUT2D eigenvalue weighted by atomic mass is 9.71. The van der Waals surface area contributed by atoms with Gasteiger partial charge < -0.3 is 29.8 Å². The van der Waals surface area contributed by atoms with Crippen LogP contribution in [0, 0.1) is 19.8 Å². The molecule has 0 bridgehead atoms. The molecule has 3 N–H and O–H groups in total. The Morgan fingerprint density at radius 1 is 1.11 bits per heavy atom. The third kappa shape index (κ3) is 5.70. The summed E-state index contributed by atoms with van der Waals surface area (Å²) in [7, 11) is 0. The van der Waals surface area contributed by atoms with Crippen molar-refractivity contribution in [2.24, 2.45) is 5.92 Å². The minimum atomic E-state index is -0.663. The Hall–Kier alpha value is -3.40. The van der Waals surface area contributed by atoms with E-state index < -0.39 is 23.0 Å². The molecule has 1 saturated heterocycles. The van der Waals surface area contributed by atoms with Crippen molar-refractivity contribution in [3.63, 3.8) is 0 Å². The van der Waals surface area contributed by atoms with Gasteiger partial charge in [0.2, 0.25) is 11.8 Å². The highest BCUT2D eigenvalue weighted by atomic mass is 16.5. The third-order valence-electron chi connectivity index (χ3n) is 7.46. The van der Waals surface area contributed by atoms with Crippen molar-refractivity contribution in [2.75, 3.05) is 32.8 Å². The summed E-state index contributed by atoms with van der Waals surface area (Å²) in [6.07, 6.45) is 4.35. The van der Waals surface area contributed by atoms with Crippen molar-refractivity contribution in [1.29, 1.82) is 0 Å². The number of aliphatic hydroxyl groups is 1. The second kappa shape index (κ2) is 10.7. The first-order valence-electron chi connectivity index (χ1n) is 12.4. The van der Waals surface area contributed by atoms with Crippen LogP contribution >= 0.6 is 0 Å². The number of piperidine rings is 1. The highest BCUT2D eigenvalue weighted by Crippen LogP contribution is 2.39. The van der Waals surface area contributed by atoms with Gasteiger partial charge in [0.15, 0.2) is 6.61 Å². The molecule has 1 aliphatic carbocycles. The number of hydrogen-bond donors (Lipinski definition) is 3. The molecule has 1 saturated carbocycles. The predicted molar refractivity (Wildman–Crippen MR) is 132 cm³/mol. The predicted octanol–water partition coefficient (Wildman–Crippen LogP) is 1.17. The Balaban J connectivity index is 1.18. The zero-order valence-corrected chi connectivity index (χ0v) is 20.7. The number of aryl methyl sites for hydroxylation is 1. The standard InChI is InChI=1S/C26H33N3O7/c1-16-17(2)25(33)36-21-11-19(6-7-20(16)21)35-15-23(31)27-12-22(30)28-13-24(32)29-10-9-26(34)8-4-3-5-18(26)14-29/h6-7,11,18,34H,3-5,8-10,12-15H2,1-2H3,(H,27,31)(H,28,30)/t18-,26-/m1/s1. The van der Waals surface area contributed by atoms with Gasteiger partial charge in [-0.1, -0.05) is 12.8 Å². The number of carbonyl (C=O) groups is 3. The summed E-state index contributed by atoms with van der Waals surface area (Å²) in [5.41, 5.74) is 0.652. The molecule has 2 aromatic rings. The Morgan fingerprint density at radius 3 is 2.69 bits per heavy atom. The normalized spacial score (nSPS) is 21.5. The van der Waals surface area contributed by atoms with Crippen LogP contribution in [0.15, 0.2) is 27.4 Å². The van der Waals surface area contributed by atoms with Crippen molar-refractivity contribution in [1.82, 2.24) is 15.5 Å². The Morgan fingerprint density at radius 2 is 1.89 bits per heavy atom. The molecular formula is C26H33N3O7. The van der Waals surface area contributed by atoms with E-state index in [2.05, 4.69) is 10.6 Å². The van der Waals surface area contributed by atoms with E-state index in [-0.39, 0.29) is 31.5 Å². The van der Waals surface area contributed by atoms with Gasteiger partial charge in [0.05, 0.1) is 18.7 Å². The fraction of sp³-hybridized carbons (Fsp3) is 0.538. The van der Waals surface area contributed by atoms with Crippen LogP contribution in [-0.2, 0) is 14.4 Å². The zero-order chi connectivity index (χ0) is 25.9. The molecule has 10 heteroatoms. The van der Waals surface area contributed by atoms with E-state index in [0.717, 1.165) is 36.6 Å². The lowest BCUT2D eigenvalue weighted by Crippen LogP contribution is -2.56. The lowest BCUT2D eigenvalue weighted by molar-refractivity contribution is -0.143. The summed E-state index contributed by atoms with van der Waals surface area (Å²) in [5.74, 6) is -0.748. The van der Waals surface area contributed by atoms with Crippen LogP contribution in [0.1, 0.15) is 43.2 Å². The van der Waals surface area contributed by atoms with E-state index in [9.17, 15) is 24.3 Å². The van der Waals surface area contributed by atoms with Gasteiger partial charge in [-0.25, -0.2) is 4.79 Å². The number of benzene rings is 1. The first kappa shape index (κ1) is 25.7. The smallest absolute Gasteiger partial charge is 0.339 e. The fourth-order valence-corrected chi connectivity index (χ4v) is 5.04. The first-order valence-corrected chi connectivity index (χ1v) is 12.4. The van der Waals surface area contributed by atoms with E-state index in [1.54, 1.807) is 30.0 Å². The monoisotopic (exact) mass is 499 g/mol. The topological polar surface area (TPSA) is 138 Å². The van der Waals surface area contributed by atoms with E-state index in [1.165, 1.54) is 0 Å². The quantitative estimate of drug-likeness (QED) is 0.486. The fourth-order valence-electron chi connectivity index (χ4n) is 5.04. The number of fused-ring (bicyclic) bond motifs is 2. The molecule has 0 spiro atoms. The Bertz CT molecular complexity index is 1220. The maximum absolute atomic E-state index is 12.5. The van der Waals surface area contributed by atoms with E-state index in [4.69, 9.17) is 9.15 Å². The number of nitrogens with one attached hydrogen (secondary N) is 2. The maximum atomic E-state index is 12.5. The zero-order valence-electron chi connectivity index (χ0n) is 20.7. The van der Waals surface area contributed by atoms with Gasteiger partial charge in [0.1, 0.15) is 11.3 Å². The van der Waals surface area contributed by atoms with Crippen molar-refractivity contribution < 1.29 is 28.6 Å². The molecule has 1 aromatic carbocycles. The molecule has 2 atom stereocenters. The van der Waals surface area contributed by atoms with E-state index >= 15 is 0 Å². The molecule has 2 fully saturated rings. The summed E-state index contributed by atoms with van der Waals surface area (Å²) in [6.45, 7) is 3.75. The number of carbonyl (C=O) groups excluding carboxylic acids is 3. The van der Waals surface area contributed by atoms with Gasteiger partial charge in [-0.2, -0.15) is 0 Å². The van der Waals surface area contributed by atoms with E-state index in [1.807, 2.05) is 6.92 Å². The van der Waals surface area contributed by atoms with Crippen molar-refractivity contribution in [3.8, 4) is 5.75 Å². The molecular weight excluding hydrogens is 466 g/mol. The highest BCUT2D eigenvalue weighted by Gasteiger charge is 2.43. The average molecular weight is 500 g/mol. The molecule has 4 rings (SSSR count). The summed E-state index contributed by atoms with van der Waals surface area (Å²) < 4.78 is 10.7. The Kier molecular flexibility index (Phi) is 7.63. The molecule has 194 valence electrons. The number of likely N-dealkylation sites (tertiary alicyclic amines) is 1. The van der Waals surface area contributed by atoms with Crippen LogP contribution in [-0.4, -0.2) is 66.1 Å². The molecule has 3 amide bonds. The van der Waals surface area contributed by atoms with E-state index in [0.29, 0.717) is 36.4 Å². The average Bonchev–Trinajstić information content (AvgIpc) is 2.87. The van der Waals surface area contributed by atoms with Crippen molar-refractivity contribution >= 4 is 28.7 Å². The SMILES string of the molecule is Cc1c(C)c2ccc(OCC(=O)NCC(=O)NCC(=O)N3CC[C@]4(O)CCCC[C@@H]4C3)cc2oc1=O. The number of amides is 3. The van der Waals surface area contributed by atoms with Crippen molar-refractivity contribution in [3.05, 3.63) is 39.7 Å². The van der Waals surface area contributed by atoms with Crippen LogP contribution in [0.5, 0.6) is 5.75 Å². The highest BCUT2D eigenvalue weighted by molar-refractivity contribution is 5.88. The van der Waals surface area contributed by atoms with Gasteiger partial charge in [-0.15, -0.1) is 0 Å². The van der Waals surface area contributed by atoms with Crippen LogP contribution < -0.4 is 21.0 Å². The van der Waals surface area contributed by atoms with Gasteiger partial charge in [-0.3, -0.25) is 14.4 Å². The minimum Gasteiger partial charge on any atom is -0.484 e. The van der Waals surface area contributed by atoms with Gasteiger partial charge in [-0.05, 0) is 50.8 Å². The summed E-state index contributed by atoms with van der Waals surface area (Å²) in [5, 5.41) is 16.5. The third-order valence-corrected chi connectivity index (χ3v) is 7.46. The molecule has 10 nitrogen and oxygen atoms in total. The van der Waals surface area contributed by atoms with Crippen LogP contribution in [0.2, 0.25) is 0 Å². The van der Waals surface area contributed by atoms with Crippen LogP contribution in [0.25, 0.3) is 11.0 Å². The van der Waals surface area contributed by atoms with Crippen molar-refractivity contribution in [2.45, 2.75) is 51.6 Å². The van der Waals surface area contributed by atoms with Gasteiger partial charge in [0.25, 0.3) is 5.91 Å². The second-order valence-electron chi connectivity index (χ2n) is 9.78. The summed E-state index contributed by atoms with van der Waals surface area (Å²) in [4.78, 5) is 50.3. The van der Waals surface area contributed by atoms with Crippen LogP contribution in [0.4, 0.5) is 0 Å². The first-order chi connectivity index (χ1) is 17.2. The number of rotatable bonds is 7. The second-order valence-corrected chi connectivity index (χ2v) is 9.78. The van der Waals surface area contributed by atoms with Gasteiger partial charge in [0, 0.05) is 36.0 Å². The molecule has 2 aliphatic rings. The maximum Gasteiger partial charge on any atom is 0.339 e. The molecule has 2 heterocycles. The summed E-state index contributed by atoms with van der Waals surface area (Å²) >= 11 is 0. The molecule has 0 unspecified atom stereocenters. The molecule has 1 aromatic heterocycles. The summed E-state index contributed by atoms with van der Waals surface area (Å²) in [6, 6.07) is 4.98. The molecule has 36 heavy (non-hydrogen) atoms. The lowest BCUT2D eigenvalue weighted by Gasteiger charge is -2.47. The Labute approximate surface area is 209 Å².